The van der Waals surface area contributed by atoms with Crippen LogP contribution in [0.3, 0.4) is 0 Å². The summed E-state index contributed by atoms with van der Waals surface area (Å²) in [6.07, 6.45) is 3.68. The maximum atomic E-state index is 13.4. The molecule has 4 atom stereocenters. The number of fused-ring (bicyclic) bond motifs is 1. The molecule has 3 heterocycles. The molecule has 0 radical (unpaired) electrons. The van der Waals surface area contributed by atoms with Gasteiger partial charge in [-0.05, 0) is 56.7 Å². The molecule has 0 aromatic carbocycles. The van der Waals surface area contributed by atoms with E-state index >= 15 is 0 Å². The van der Waals surface area contributed by atoms with Crippen LogP contribution in [0, 0.1) is 11.3 Å². The first kappa shape index (κ1) is 25.5. The van der Waals surface area contributed by atoms with Gasteiger partial charge in [0.1, 0.15) is 12.3 Å². The Morgan fingerprint density at radius 3 is 2.48 bits per heavy atom. The number of β-lactam (4-membered cyclic amide) rings is 1. The van der Waals surface area contributed by atoms with Gasteiger partial charge in [-0.3, -0.25) is 4.79 Å². The number of carbonyl (C=O) groups is 3. The normalized spacial score (nSPS) is 26.9. The highest BCUT2D eigenvalue weighted by Crippen LogP contribution is 2.53. The molecular formula is C24H38N2O6Si. The van der Waals surface area contributed by atoms with Crippen molar-refractivity contribution in [2.24, 2.45) is 11.3 Å². The predicted octanol–water partition coefficient (Wildman–Crippen LogP) is 3.54. The summed E-state index contributed by atoms with van der Waals surface area (Å²) < 4.78 is 11.7. The summed E-state index contributed by atoms with van der Waals surface area (Å²) in [5.74, 6) is -1.65. The van der Waals surface area contributed by atoms with Crippen LogP contribution in [0.15, 0.2) is 23.9 Å². The van der Waals surface area contributed by atoms with Crippen molar-refractivity contribution < 1.29 is 28.7 Å². The quantitative estimate of drug-likeness (QED) is 0.326. The summed E-state index contributed by atoms with van der Waals surface area (Å²) in [6.45, 7) is 16.7. The summed E-state index contributed by atoms with van der Waals surface area (Å²) in [5.41, 5.74) is -0.154. The minimum atomic E-state index is -1.47. The van der Waals surface area contributed by atoms with Crippen molar-refractivity contribution in [1.29, 1.82) is 0 Å². The highest BCUT2D eigenvalue weighted by Gasteiger charge is 2.64. The van der Waals surface area contributed by atoms with E-state index in [2.05, 4.69) is 40.4 Å². The zero-order valence-corrected chi connectivity index (χ0v) is 21.9. The number of aliphatic carboxylic acids is 1. The highest BCUT2D eigenvalue weighted by molar-refractivity contribution is 6.48. The number of rotatable bonds is 8. The fourth-order valence-corrected chi connectivity index (χ4v) is 7.06. The molecule has 184 valence electrons. The average molecular weight is 479 g/mol. The number of likely N-dealkylation sites (tertiary alicyclic amines) is 1. The Balaban J connectivity index is 1.85. The van der Waals surface area contributed by atoms with Crippen LogP contribution in [0.5, 0.6) is 0 Å². The molecule has 3 aliphatic rings. The van der Waals surface area contributed by atoms with Gasteiger partial charge in [-0.25, -0.2) is 9.59 Å². The first-order chi connectivity index (χ1) is 15.3. The maximum absolute atomic E-state index is 13.4. The minimum absolute atomic E-state index is 0.0885. The standard InChI is InChI=1S/C24H38N2O6Si/c1-8-12-31-22(30)25-11-9-10-16(25)13-15-14-17-18(20(27)26(17)19(15)21(28)29)24(5,23(2,3)4)32-33(6)7/h8,16-18,33H,1,9-14H2,2-7H3,(H,28,29)/t16?,17-,18-,24-/m1/s1. The molecular weight excluding hydrogens is 440 g/mol. The van der Waals surface area contributed by atoms with E-state index in [1.54, 1.807) is 4.90 Å². The van der Waals surface area contributed by atoms with Gasteiger partial charge in [-0.15, -0.1) is 0 Å². The van der Waals surface area contributed by atoms with E-state index in [4.69, 9.17) is 9.16 Å². The maximum Gasteiger partial charge on any atom is 0.410 e. The molecule has 0 spiro atoms. The van der Waals surface area contributed by atoms with Crippen molar-refractivity contribution in [2.45, 2.75) is 84.2 Å². The molecule has 0 saturated carbocycles. The van der Waals surface area contributed by atoms with Crippen LogP contribution < -0.4 is 0 Å². The van der Waals surface area contributed by atoms with Crippen molar-refractivity contribution in [3.05, 3.63) is 23.9 Å². The molecule has 8 nitrogen and oxygen atoms in total. The van der Waals surface area contributed by atoms with Gasteiger partial charge in [-0.2, -0.15) is 0 Å². The molecule has 9 heteroatoms. The lowest BCUT2D eigenvalue weighted by Gasteiger charge is -2.57. The Labute approximate surface area is 198 Å². The predicted molar refractivity (Wildman–Crippen MR) is 127 cm³/mol. The van der Waals surface area contributed by atoms with Crippen LogP contribution in [0.1, 0.15) is 53.4 Å². The van der Waals surface area contributed by atoms with E-state index in [1.807, 2.05) is 6.92 Å². The van der Waals surface area contributed by atoms with Gasteiger partial charge in [0.15, 0.2) is 9.04 Å². The third kappa shape index (κ3) is 4.49. The summed E-state index contributed by atoms with van der Waals surface area (Å²) in [6, 6.07) is -0.356. The molecule has 0 bridgehead atoms. The smallest absolute Gasteiger partial charge is 0.410 e. The topological polar surface area (TPSA) is 96.4 Å². The second-order valence-electron chi connectivity index (χ2n) is 10.8. The molecule has 0 aromatic rings. The molecule has 2 fully saturated rings. The second-order valence-corrected chi connectivity index (χ2v) is 13.1. The number of carboxylic acids is 1. The van der Waals surface area contributed by atoms with E-state index in [0.717, 1.165) is 18.4 Å². The Morgan fingerprint density at radius 1 is 1.27 bits per heavy atom. The molecule has 0 aromatic heterocycles. The minimum Gasteiger partial charge on any atom is -0.477 e. The first-order valence-corrected chi connectivity index (χ1v) is 14.6. The van der Waals surface area contributed by atoms with Gasteiger partial charge in [0.2, 0.25) is 5.91 Å². The zero-order valence-electron chi connectivity index (χ0n) is 20.7. The number of amides is 2. The van der Waals surface area contributed by atoms with Crippen molar-refractivity contribution in [1.82, 2.24) is 9.80 Å². The fraction of sp³-hybridized carbons (Fsp3) is 0.708. The van der Waals surface area contributed by atoms with Crippen LogP contribution in [0.4, 0.5) is 4.79 Å². The van der Waals surface area contributed by atoms with E-state index in [0.29, 0.717) is 19.4 Å². The van der Waals surface area contributed by atoms with E-state index in [-0.39, 0.29) is 35.7 Å². The monoisotopic (exact) mass is 478 g/mol. The Morgan fingerprint density at radius 2 is 1.94 bits per heavy atom. The highest BCUT2D eigenvalue weighted by atomic mass is 28.3. The summed E-state index contributed by atoms with van der Waals surface area (Å²) >= 11 is 0. The SMILES string of the molecule is C=CCOC(=O)N1CCCC1CC1=C(C(=O)O)N2C(=O)[C@H]([C@@](C)(O[SiH](C)C)C(C)(C)C)[C@H]2C1. The van der Waals surface area contributed by atoms with Gasteiger partial charge < -0.3 is 24.1 Å². The Hall–Kier alpha value is -2.13. The third-order valence-corrected chi connectivity index (χ3v) is 8.40. The lowest BCUT2D eigenvalue weighted by atomic mass is 9.63. The van der Waals surface area contributed by atoms with E-state index in [1.165, 1.54) is 11.0 Å². The number of hydrogen-bond acceptors (Lipinski definition) is 5. The molecule has 2 saturated heterocycles. The first-order valence-electron chi connectivity index (χ1n) is 11.8. The average Bonchev–Trinajstić information content (AvgIpc) is 3.27. The summed E-state index contributed by atoms with van der Waals surface area (Å²) in [7, 11) is -1.47. The van der Waals surface area contributed by atoms with Crippen LogP contribution >= 0.6 is 0 Å². The molecule has 2 amide bonds. The third-order valence-electron chi connectivity index (χ3n) is 7.44. The fourth-order valence-electron chi connectivity index (χ4n) is 5.58. The molecule has 33 heavy (non-hydrogen) atoms. The zero-order chi connectivity index (χ0) is 24.7. The van der Waals surface area contributed by atoms with E-state index in [9.17, 15) is 19.5 Å². The van der Waals surface area contributed by atoms with Crippen molar-refractivity contribution >= 4 is 27.0 Å². The van der Waals surface area contributed by atoms with Gasteiger partial charge >= 0.3 is 12.1 Å². The lowest BCUT2D eigenvalue weighted by molar-refractivity contribution is -0.180. The summed E-state index contributed by atoms with van der Waals surface area (Å²) in [5, 5.41) is 9.99. The Kier molecular flexibility index (Phi) is 7.15. The summed E-state index contributed by atoms with van der Waals surface area (Å²) in [4.78, 5) is 41.2. The van der Waals surface area contributed by atoms with Crippen molar-refractivity contribution in [3.8, 4) is 0 Å². The van der Waals surface area contributed by atoms with Crippen LogP contribution in [0.2, 0.25) is 13.1 Å². The number of nitrogens with zero attached hydrogens (tertiary/aromatic N) is 2. The largest absolute Gasteiger partial charge is 0.477 e. The van der Waals surface area contributed by atoms with Crippen molar-refractivity contribution in [3.63, 3.8) is 0 Å². The van der Waals surface area contributed by atoms with Gasteiger partial charge in [0.25, 0.3) is 0 Å². The molecule has 3 rings (SSSR count). The number of ether oxygens (including phenoxy) is 1. The molecule has 1 N–H and O–H groups in total. The van der Waals surface area contributed by atoms with Gasteiger partial charge in [0.05, 0.1) is 17.6 Å². The number of carboxylic acid groups (broad SMARTS) is 1. The van der Waals surface area contributed by atoms with Crippen LogP contribution in [0.25, 0.3) is 0 Å². The van der Waals surface area contributed by atoms with E-state index < -0.39 is 32.6 Å². The number of carbonyl (C=O) groups excluding carboxylic acids is 2. The van der Waals surface area contributed by atoms with Gasteiger partial charge in [-0.1, -0.05) is 33.4 Å². The molecule has 3 aliphatic heterocycles. The molecule has 0 aliphatic carbocycles. The Bertz CT molecular complexity index is 864. The van der Waals surface area contributed by atoms with Crippen molar-refractivity contribution in [2.75, 3.05) is 13.2 Å². The van der Waals surface area contributed by atoms with Gasteiger partial charge in [0, 0.05) is 12.6 Å². The van der Waals surface area contributed by atoms with Crippen LogP contribution in [-0.2, 0) is 18.8 Å². The molecule has 1 unspecified atom stereocenters. The second kappa shape index (κ2) is 9.25. The lowest BCUT2D eigenvalue weighted by Crippen LogP contribution is -2.70. The van der Waals surface area contributed by atoms with Crippen LogP contribution in [-0.4, -0.2) is 72.8 Å². The number of hydrogen-bond donors (Lipinski definition) is 1.